The summed E-state index contributed by atoms with van der Waals surface area (Å²) in [6.45, 7) is 2.05. The van der Waals surface area contributed by atoms with E-state index in [1.807, 2.05) is 31.2 Å². The van der Waals surface area contributed by atoms with E-state index in [2.05, 4.69) is 15.3 Å². The molecule has 0 bridgehead atoms. The van der Waals surface area contributed by atoms with Gasteiger partial charge in [0.1, 0.15) is 0 Å². The zero-order chi connectivity index (χ0) is 19.9. The second kappa shape index (κ2) is 9.48. The molecule has 0 fully saturated rings. The van der Waals surface area contributed by atoms with Crippen LogP contribution in [0.5, 0.6) is 0 Å². The minimum Gasteiger partial charge on any atom is -0.258 e. The van der Waals surface area contributed by atoms with Gasteiger partial charge in [-0.25, -0.2) is 0 Å². The van der Waals surface area contributed by atoms with Crippen LogP contribution in [0.1, 0.15) is 30.3 Å². The SMILES string of the molecule is CCCc1nnc(SCc2ccc(Cl)cc2)n1/N=C/c1ccccc1[N+](=O)[O-]. The van der Waals surface area contributed by atoms with Gasteiger partial charge >= 0.3 is 0 Å². The molecule has 0 aliphatic heterocycles. The highest BCUT2D eigenvalue weighted by Gasteiger charge is 2.14. The Hall–Kier alpha value is -2.71. The summed E-state index contributed by atoms with van der Waals surface area (Å²) < 4.78 is 1.65. The van der Waals surface area contributed by atoms with E-state index in [0.717, 1.165) is 17.8 Å². The van der Waals surface area contributed by atoms with Crippen molar-refractivity contribution in [2.24, 2.45) is 5.10 Å². The second-order valence-electron chi connectivity index (χ2n) is 5.94. The molecule has 0 N–H and O–H groups in total. The average Bonchev–Trinajstić information content (AvgIpc) is 3.08. The molecule has 0 unspecified atom stereocenters. The summed E-state index contributed by atoms with van der Waals surface area (Å²) >= 11 is 7.42. The van der Waals surface area contributed by atoms with Crippen LogP contribution in [0.25, 0.3) is 0 Å². The van der Waals surface area contributed by atoms with Gasteiger partial charge in [0.2, 0.25) is 5.16 Å². The summed E-state index contributed by atoms with van der Waals surface area (Å²) in [6, 6.07) is 14.1. The van der Waals surface area contributed by atoms with Crippen LogP contribution in [-0.4, -0.2) is 26.0 Å². The molecule has 0 saturated heterocycles. The fourth-order valence-corrected chi connectivity index (χ4v) is 3.48. The highest BCUT2D eigenvalue weighted by molar-refractivity contribution is 7.98. The Balaban J connectivity index is 1.85. The molecule has 0 aliphatic carbocycles. The fraction of sp³-hybridized carbons (Fsp3) is 0.211. The summed E-state index contributed by atoms with van der Waals surface area (Å²) in [5.41, 5.74) is 1.53. The number of benzene rings is 2. The quantitative estimate of drug-likeness (QED) is 0.224. The van der Waals surface area contributed by atoms with Gasteiger partial charge < -0.3 is 0 Å². The maximum absolute atomic E-state index is 11.2. The first-order valence-corrected chi connectivity index (χ1v) is 10.0. The van der Waals surface area contributed by atoms with Crippen molar-refractivity contribution in [1.82, 2.24) is 14.9 Å². The average molecular weight is 416 g/mol. The molecule has 144 valence electrons. The normalized spacial score (nSPS) is 11.2. The first-order chi connectivity index (χ1) is 13.6. The van der Waals surface area contributed by atoms with Gasteiger partial charge in [-0.2, -0.15) is 9.78 Å². The highest BCUT2D eigenvalue weighted by Crippen LogP contribution is 2.24. The molecule has 1 heterocycles. The van der Waals surface area contributed by atoms with Crippen LogP contribution in [0, 0.1) is 10.1 Å². The lowest BCUT2D eigenvalue weighted by molar-refractivity contribution is -0.385. The lowest BCUT2D eigenvalue weighted by atomic mass is 10.2. The van der Waals surface area contributed by atoms with Gasteiger partial charge in [0.15, 0.2) is 5.82 Å². The molecule has 28 heavy (non-hydrogen) atoms. The van der Waals surface area contributed by atoms with Gasteiger partial charge in [-0.1, -0.05) is 54.6 Å². The van der Waals surface area contributed by atoms with Crippen molar-refractivity contribution in [3.8, 4) is 0 Å². The molecule has 0 aliphatic rings. The number of nitro benzene ring substituents is 1. The van der Waals surface area contributed by atoms with E-state index in [0.29, 0.717) is 27.9 Å². The standard InChI is InChI=1S/C19H18ClN5O2S/c1-2-5-18-22-23-19(28-13-14-8-10-16(20)11-9-14)24(18)21-12-15-6-3-4-7-17(15)25(26)27/h3-4,6-12H,2,5,13H2,1H3/b21-12+. The molecule has 3 aromatic rings. The first kappa shape index (κ1) is 20.0. The zero-order valence-corrected chi connectivity index (χ0v) is 16.7. The van der Waals surface area contributed by atoms with Crippen molar-refractivity contribution >= 4 is 35.3 Å². The van der Waals surface area contributed by atoms with E-state index in [1.54, 1.807) is 22.9 Å². The Bertz CT molecular complexity index is 988. The lowest BCUT2D eigenvalue weighted by Crippen LogP contribution is -2.01. The summed E-state index contributed by atoms with van der Waals surface area (Å²) in [5.74, 6) is 1.40. The molecule has 0 saturated carbocycles. The van der Waals surface area contributed by atoms with Gasteiger partial charge in [0.05, 0.1) is 16.7 Å². The number of aromatic nitrogens is 3. The van der Waals surface area contributed by atoms with Crippen molar-refractivity contribution in [1.29, 1.82) is 0 Å². The Morgan fingerprint density at radius 2 is 1.96 bits per heavy atom. The highest BCUT2D eigenvalue weighted by atomic mass is 35.5. The largest absolute Gasteiger partial charge is 0.278 e. The first-order valence-electron chi connectivity index (χ1n) is 8.67. The number of nitrogens with zero attached hydrogens (tertiary/aromatic N) is 5. The molecule has 3 rings (SSSR count). The van der Waals surface area contributed by atoms with Crippen molar-refractivity contribution in [3.05, 3.63) is 80.6 Å². The van der Waals surface area contributed by atoms with Crippen LogP contribution >= 0.6 is 23.4 Å². The van der Waals surface area contributed by atoms with Gasteiger partial charge in [0, 0.05) is 23.3 Å². The number of nitro groups is 1. The number of hydrogen-bond acceptors (Lipinski definition) is 6. The monoisotopic (exact) mass is 415 g/mol. The van der Waals surface area contributed by atoms with E-state index in [-0.39, 0.29) is 5.69 Å². The van der Waals surface area contributed by atoms with Gasteiger partial charge in [0.25, 0.3) is 5.69 Å². The Morgan fingerprint density at radius 3 is 2.68 bits per heavy atom. The third kappa shape index (κ3) is 4.96. The maximum Gasteiger partial charge on any atom is 0.278 e. The summed E-state index contributed by atoms with van der Waals surface area (Å²) in [6.07, 6.45) is 3.08. The number of para-hydroxylation sites is 1. The topological polar surface area (TPSA) is 86.2 Å². The minimum absolute atomic E-state index is 0.00623. The van der Waals surface area contributed by atoms with Crippen molar-refractivity contribution in [3.63, 3.8) is 0 Å². The smallest absolute Gasteiger partial charge is 0.258 e. The maximum atomic E-state index is 11.2. The van der Waals surface area contributed by atoms with Crippen molar-refractivity contribution < 1.29 is 4.92 Å². The predicted molar refractivity (Wildman–Crippen MR) is 111 cm³/mol. The van der Waals surface area contributed by atoms with Crippen molar-refractivity contribution in [2.45, 2.75) is 30.7 Å². The van der Waals surface area contributed by atoms with Crippen LogP contribution in [0.2, 0.25) is 5.02 Å². The van der Waals surface area contributed by atoms with Crippen LogP contribution < -0.4 is 0 Å². The van der Waals surface area contributed by atoms with E-state index in [1.165, 1.54) is 24.0 Å². The van der Waals surface area contributed by atoms with Gasteiger partial charge in [-0.05, 0) is 30.2 Å². The number of aryl methyl sites for hydroxylation is 1. The lowest BCUT2D eigenvalue weighted by Gasteiger charge is -2.04. The molecular weight excluding hydrogens is 398 g/mol. The van der Waals surface area contributed by atoms with E-state index in [4.69, 9.17) is 11.6 Å². The third-order valence-corrected chi connectivity index (χ3v) is 5.12. The molecule has 7 nitrogen and oxygen atoms in total. The Labute approximate surface area is 171 Å². The van der Waals surface area contributed by atoms with Crippen LogP contribution in [-0.2, 0) is 12.2 Å². The van der Waals surface area contributed by atoms with Crippen LogP contribution in [0.3, 0.4) is 0 Å². The van der Waals surface area contributed by atoms with Gasteiger partial charge in [-0.3, -0.25) is 10.1 Å². The van der Waals surface area contributed by atoms with E-state index >= 15 is 0 Å². The number of rotatable bonds is 8. The van der Waals surface area contributed by atoms with Crippen LogP contribution in [0.4, 0.5) is 5.69 Å². The minimum atomic E-state index is -0.420. The van der Waals surface area contributed by atoms with Gasteiger partial charge in [-0.15, -0.1) is 10.2 Å². The number of hydrogen-bond donors (Lipinski definition) is 0. The molecule has 1 aromatic heterocycles. The molecular formula is C19H18ClN5O2S. The molecule has 9 heteroatoms. The Kier molecular flexibility index (Phi) is 6.78. The van der Waals surface area contributed by atoms with Crippen molar-refractivity contribution in [2.75, 3.05) is 0 Å². The summed E-state index contributed by atoms with van der Waals surface area (Å²) in [4.78, 5) is 10.8. The van der Waals surface area contributed by atoms with E-state index in [9.17, 15) is 10.1 Å². The summed E-state index contributed by atoms with van der Waals surface area (Å²) in [7, 11) is 0. The molecule has 0 spiro atoms. The predicted octanol–water partition coefficient (Wildman–Crippen LogP) is 4.97. The molecule has 0 atom stereocenters. The third-order valence-electron chi connectivity index (χ3n) is 3.88. The number of halogens is 1. The zero-order valence-electron chi connectivity index (χ0n) is 15.2. The number of thioether (sulfide) groups is 1. The summed E-state index contributed by atoms with van der Waals surface area (Å²) in [5, 5.41) is 25.4. The molecule has 0 radical (unpaired) electrons. The molecule has 2 aromatic carbocycles. The molecule has 0 amide bonds. The fourth-order valence-electron chi connectivity index (χ4n) is 2.49. The van der Waals surface area contributed by atoms with E-state index < -0.39 is 4.92 Å². The second-order valence-corrected chi connectivity index (χ2v) is 7.32. The van der Waals surface area contributed by atoms with Crippen LogP contribution in [0.15, 0.2) is 58.8 Å². The Morgan fingerprint density at radius 1 is 1.21 bits per heavy atom.